The molecule has 37 heavy (non-hydrogen) atoms. The third-order valence-corrected chi connectivity index (χ3v) is 6.62. The number of ether oxygens (including phenoxy) is 3. The predicted octanol–water partition coefficient (Wildman–Crippen LogP) is 3.47. The molecule has 0 spiro atoms. The van der Waals surface area contributed by atoms with Crippen LogP contribution in [0.3, 0.4) is 0 Å². The number of benzene rings is 3. The summed E-state index contributed by atoms with van der Waals surface area (Å²) in [6, 6.07) is 13.7. The number of anilines is 1. The molecule has 11 nitrogen and oxygen atoms in total. The summed E-state index contributed by atoms with van der Waals surface area (Å²) in [7, 11) is 0. The van der Waals surface area contributed by atoms with Crippen LogP contribution >= 0.6 is 0 Å². The highest BCUT2D eigenvalue weighted by Crippen LogP contribution is 2.46. The van der Waals surface area contributed by atoms with Crippen molar-refractivity contribution in [1.29, 1.82) is 0 Å². The van der Waals surface area contributed by atoms with E-state index in [1.807, 2.05) is 6.92 Å². The van der Waals surface area contributed by atoms with Gasteiger partial charge in [-0.25, -0.2) is 0 Å². The molecule has 0 saturated carbocycles. The lowest BCUT2D eigenvalue weighted by Gasteiger charge is -2.49. The molecule has 6 rings (SSSR count). The number of fused-ring (bicyclic) bond motifs is 2. The number of imide groups is 1. The predicted molar refractivity (Wildman–Crippen MR) is 128 cm³/mol. The highest BCUT2D eigenvalue weighted by Gasteiger charge is 2.57. The quantitative estimate of drug-likeness (QED) is 0.217. The molecular weight excluding hydrogens is 482 g/mol. The maximum absolute atomic E-state index is 13.6. The number of nitrogens with zero attached hydrogens (tertiary/aromatic N) is 3. The van der Waals surface area contributed by atoms with Crippen molar-refractivity contribution in [3.8, 4) is 17.2 Å². The zero-order chi connectivity index (χ0) is 25.8. The van der Waals surface area contributed by atoms with Crippen LogP contribution in [0, 0.1) is 10.1 Å². The molecule has 11 heteroatoms. The van der Waals surface area contributed by atoms with Crippen LogP contribution < -0.4 is 19.1 Å². The molecule has 1 fully saturated rings. The second-order valence-electron chi connectivity index (χ2n) is 8.60. The molecule has 0 radical (unpaired) electrons. The van der Waals surface area contributed by atoms with Gasteiger partial charge in [-0.1, -0.05) is 6.07 Å². The molecule has 0 unspecified atom stereocenters. The van der Waals surface area contributed by atoms with Crippen molar-refractivity contribution in [3.05, 3.63) is 87.5 Å². The molecule has 3 heterocycles. The van der Waals surface area contributed by atoms with Gasteiger partial charge in [-0.2, -0.15) is 0 Å². The number of hydrogen-bond donors (Lipinski definition) is 0. The average molecular weight is 501 g/mol. The molecule has 2 atom stereocenters. The molecule has 0 bridgehead atoms. The van der Waals surface area contributed by atoms with Crippen molar-refractivity contribution < 1.29 is 33.5 Å². The first-order chi connectivity index (χ1) is 17.9. The van der Waals surface area contributed by atoms with Gasteiger partial charge in [0.05, 0.1) is 28.7 Å². The Bertz CT molecular complexity index is 1490. The Kier molecular flexibility index (Phi) is 5.07. The van der Waals surface area contributed by atoms with Crippen LogP contribution in [-0.4, -0.2) is 47.0 Å². The second kappa shape index (κ2) is 8.33. The molecule has 0 N–H and O–H groups in total. The van der Waals surface area contributed by atoms with Gasteiger partial charge in [-0.3, -0.25) is 29.4 Å². The van der Waals surface area contributed by atoms with Crippen LogP contribution in [-0.2, 0) is 4.79 Å². The number of carbonyl (C=O) groups excluding carboxylic acids is 3. The van der Waals surface area contributed by atoms with Crippen molar-refractivity contribution in [2.24, 2.45) is 0 Å². The van der Waals surface area contributed by atoms with E-state index in [2.05, 4.69) is 0 Å². The van der Waals surface area contributed by atoms with Gasteiger partial charge in [0.1, 0.15) is 11.8 Å². The number of carbonyl (C=O) groups is 3. The third-order valence-electron chi connectivity index (χ3n) is 6.62. The summed E-state index contributed by atoms with van der Waals surface area (Å²) in [4.78, 5) is 53.2. The van der Waals surface area contributed by atoms with Crippen LogP contribution in [0.1, 0.15) is 39.2 Å². The fraction of sp³-hybridized carbons (Fsp3) is 0.192. The summed E-state index contributed by atoms with van der Waals surface area (Å²) < 4.78 is 16.4. The Balaban J connectivity index is 1.41. The summed E-state index contributed by atoms with van der Waals surface area (Å²) in [6.45, 7) is 2.41. The first-order valence-corrected chi connectivity index (χ1v) is 11.5. The SMILES string of the molecule is CCOc1ccc(N2C(=O)[C@@H](N3C(=O)c4ccc([N+](=O)[O-])cc4C3=O)[C@H]2c2ccc3c(c2)OCO3)cc1. The minimum Gasteiger partial charge on any atom is -0.494 e. The molecule has 1 saturated heterocycles. The van der Waals surface area contributed by atoms with E-state index in [-0.39, 0.29) is 23.6 Å². The average Bonchev–Trinajstić information content (AvgIpc) is 3.46. The normalized spacial score (nSPS) is 19.6. The number of rotatable bonds is 6. The largest absolute Gasteiger partial charge is 0.494 e. The summed E-state index contributed by atoms with van der Waals surface area (Å²) in [5.74, 6) is -0.218. The van der Waals surface area contributed by atoms with E-state index in [1.54, 1.807) is 42.5 Å². The molecule has 3 aliphatic heterocycles. The zero-order valence-corrected chi connectivity index (χ0v) is 19.5. The summed E-state index contributed by atoms with van der Waals surface area (Å²) >= 11 is 0. The van der Waals surface area contributed by atoms with E-state index in [0.29, 0.717) is 35.1 Å². The van der Waals surface area contributed by atoms with Gasteiger partial charge in [0.25, 0.3) is 23.4 Å². The Morgan fingerprint density at radius 2 is 1.62 bits per heavy atom. The highest BCUT2D eigenvalue weighted by atomic mass is 16.7. The molecule has 0 aliphatic carbocycles. The highest BCUT2D eigenvalue weighted by molar-refractivity contribution is 6.25. The van der Waals surface area contributed by atoms with Gasteiger partial charge >= 0.3 is 0 Å². The van der Waals surface area contributed by atoms with Gasteiger partial charge in [0.2, 0.25) is 6.79 Å². The topological polar surface area (TPSA) is 129 Å². The molecule has 3 aromatic rings. The van der Waals surface area contributed by atoms with Crippen LogP contribution in [0.25, 0.3) is 0 Å². The lowest BCUT2D eigenvalue weighted by molar-refractivity contribution is -0.384. The summed E-state index contributed by atoms with van der Waals surface area (Å²) in [6.07, 6.45) is 0. The van der Waals surface area contributed by atoms with E-state index in [1.165, 1.54) is 11.0 Å². The smallest absolute Gasteiger partial charge is 0.270 e. The minimum atomic E-state index is -1.15. The zero-order valence-electron chi connectivity index (χ0n) is 19.5. The molecule has 0 aromatic heterocycles. The lowest BCUT2D eigenvalue weighted by Crippen LogP contribution is -2.67. The van der Waals surface area contributed by atoms with Crippen LogP contribution in [0.2, 0.25) is 0 Å². The van der Waals surface area contributed by atoms with Crippen molar-refractivity contribution in [3.63, 3.8) is 0 Å². The number of nitro groups is 1. The second-order valence-corrected chi connectivity index (χ2v) is 8.60. The van der Waals surface area contributed by atoms with Gasteiger partial charge in [0, 0.05) is 17.8 Å². The van der Waals surface area contributed by atoms with Crippen molar-refractivity contribution in [2.75, 3.05) is 18.3 Å². The number of amides is 3. The van der Waals surface area contributed by atoms with Gasteiger partial charge in [-0.15, -0.1) is 0 Å². The van der Waals surface area contributed by atoms with Crippen LogP contribution in [0.5, 0.6) is 17.2 Å². The van der Waals surface area contributed by atoms with Crippen LogP contribution in [0.4, 0.5) is 11.4 Å². The Morgan fingerprint density at radius 1 is 0.892 bits per heavy atom. The van der Waals surface area contributed by atoms with Crippen molar-refractivity contribution in [1.82, 2.24) is 4.90 Å². The number of nitro benzene ring substituents is 1. The van der Waals surface area contributed by atoms with E-state index in [4.69, 9.17) is 14.2 Å². The maximum atomic E-state index is 13.6. The fourth-order valence-electron chi connectivity index (χ4n) is 4.92. The summed E-state index contributed by atoms with van der Waals surface area (Å²) in [5, 5.41) is 11.2. The molecule has 186 valence electrons. The number of hydrogen-bond acceptors (Lipinski definition) is 8. The minimum absolute atomic E-state index is 0.0207. The molecule has 3 amide bonds. The number of β-lactam (4-membered cyclic amide) rings is 1. The Morgan fingerprint density at radius 3 is 2.35 bits per heavy atom. The first kappa shape index (κ1) is 22.5. The van der Waals surface area contributed by atoms with Gasteiger partial charge in [0.15, 0.2) is 11.5 Å². The molecular formula is C26H19N3O8. The Labute approximate surface area is 209 Å². The van der Waals surface area contributed by atoms with Crippen molar-refractivity contribution in [2.45, 2.75) is 19.0 Å². The van der Waals surface area contributed by atoms with E-state index in [0.717, 1.165) is 17.0 Å². The Hall–Kier alpha value is -4.93. The van der Waals surface area contributed by atoms with Crippen LogP contribution in [0.15, 0.2) is 60.7 Å². The third kappa shape index (κ3) is 3.39. The van der Waals surface area contributed by atoms with Gasteiger partial charge in [-0.05, 0) is 55.0 Å². The maximum Gasteiger partial charge on any atom is 0.270 e. The fourth-order valence-corrected chi connectivity index (χ4v) is 4.92. The summed E-state index contributed by atoms with van der Waals surface area (Å²) in [5.41, 5.74) is 0.790. The van der Waals surface area contributed by atoms with Crippen molar-refractivity contribution >= 4 is 29.1 Å². The van der Waals surface area contributed by atoms with E-state index >= 15 is 0 Å². The number of non-ortho nitro benzene ring substituents is 1. The first-order valence-electron chi connectivity index (χ1n) is 11.5. The standard InChI is InChI=1S/C26H19N3O8/c1-2-35-17-7-4-15(5-8-17)27-22(14-3-10-20-21(11-14)37-13-36-20)23(26(27)32)28-24(30)18-9-6-16(29(33)34)12-19(18)25(28)31/h3-12,22-23H,2,13H2,1H3/t22-,23+/m1/s1. The van der Waals surface area contributed by atoms with Gasteiger partial charge < -0.3 is 19.1 Å². The van der Waals surface area contributed by atoms with E-state index < -0.39 is 34.7 Å². The monoisotopic (exact) mass is 501 g/mol. The molecule has 3 aliphatic rings. The molecule has 3 aromatic carbocycles. The van der Waals surface area contributed by atoms with E-state index in [9.17, 15) is 24.5 Å². The lowest BCUT2D eigenvalue weighted by atomic mass is 9.86.